The van der Waals surface area contributed by atoms with Gasteiger partial charge in [0.2, 0.25) is 11.8 Å². The maximum absolute atomic E-state index is 14.3. The van der Waals surface area contributed by atoms with E-state index < -0.39 is 30.0 Å². The molecule has 1 aromatic carbocycles. The first kappa shape index (κ1) is 41.5. The Morgan fingerprint density at radius 2 is 1.89 bits per heavy atom. The molecule has 334 valence electrons. The first-order valence-electron chi connectivity index (χ1n) is 22.4. The molecule has 1 unspecified atom stereocenters. The molecule has 5 fully saturated rings. The number of carbonyl (C=O) groups is 3. The molecule has 1 aliphatic carbocycles. The third-order valence-electron chi connectivity index (χ3n) is 14.2. The zero-order valence-electron chi connectivity index (χ0n) is 35.7. The summed E-state index contributed by atoms with van der Waals surface area (Å²) in [6.45, 7) is 8.49. The van der Waals surface area contributed by atoms with E-state index in [4.69, 9.17) is 9.72 Å². The lowest BCUT2D eigenvalue weighted by molar-refractivity contribution is -0.135. The van der Waals surface area contributed by atoms with Crippen LogP contribution >= 0.6 is 0 Å². The van der Waals surface area contributed by atoms with Gasteiger partial charge < -0.3 is 19.9 Å². The summed E-state index contributed by atoms with van der Waals surface area (Å²) in [6, 6.07) is 7.62. The van der Waals surface area contributed by atoms with Gasteiger partial charge in [-0.05, 0) is 88.4 Å². The van der Waals surface area contributed by atoms with Crippen LogP contribution in [0, 0.1) is 5.92 Å². The lowest BCUT2D eigenvalue weighted by Gasteiger charge is -2.42. The van der Waals surface area contributed by atoms with Gasteiger partial charge in [-0.15, -0.1) is 0 Å². The number of nitrogens with one attached hydrogen (secondary N) is 2. The van der Waals surface area contributed by atoms with Crippen LogP contribution in [0.25, 0.3) is 16.7 Å². The van der Waals surface area contributed by atoms with Gasteiger partial charge in [0.1, 0.15) is 17.4 Å². The van der Waals surface area contributed by atoms with Crippen molar-refractivity contribution in [3.05, 3.63) is 70.2 Å². The number of aryl methyl sites for hydroxylation is 2. The van der Waals surface area contributed by atoms with Crippen molar-refractivity contribution in [3.8, 4) is 0 Å². The number of nitrogens with zero attached hydrogens (tertiary/aromatic N) is 10. The van der Waals surface area contributed by atoms with Crippen LogP contribution in [-0.4, -0.2) is 125 Å². The molecule has 5 aromatic rings. The molecule has 4 atom stereocenters. The number of piperazine rings is 1. The average molecular weight is 869 g/mol. The number of morpholine rings is 1. The molecule has 8 heterocycles. The summed E-state index contributed by atoms with van der Waals surface area (Å²) in [6.07, 6.45) is 8.78. The molecule has 1 saturated carbocycles. The van der Waals surface area contributed by atoms with Crippen molar-refractivity contribution in [1.29, 1.82) is 0 Å². The van der Waals surface area contributed by atoms with Gasteiger partial charge in [-0.25, -0.2) is 23.1 Å². The maximum Gasteiger partial charge on any atom is 0.329 e. The fourth-order valence-electron chi connectivity index (χ4n) is 10.8. The Hall–Kier alpha value is -5.53. The van der Waals surface area contributed by atoms with E-state index in [2.05, 4.69) is 48.5 Å². The fraction of sp³-hybridized carbons (Fsp3) is 0.568. The summed E-state index contributed by atoms with van der Waals surface area (Å²) in [5, 5.41) is 13.7. The molecule has 63 heavy (non-hydrogen) atoms. The van der Waals surface area contributed by atoms with Crippen LogP contribution in [0.4, 0.5) is 20.3 Å². The topological polar surface area (TPSA) is 169 Å². The lowest BCUT2D eigenvalue weighted by Crippen LogP contribution is -2.53. The molecule has 19 heteroatoms. The maximum atomic E-state index is 14.3. The largest absolute Gasteiger partial charge is 0.374 e. The van der Waals surface area contributed by atoms with Gasteiger partial charge in [0.25, 0.3) is 12.3 Å². The van der Waals surface area contributed by atoms with Gasteiger partial charge in [-0.2, -0.15) is 10.2 Å². The molecular formula is C44H54F2N12O5. The predicted molar refractivity (Wildman–Crippen MR) is 229 cm³/mol. The highest BCUT2D eigenvalue weighted by Crippen LogP contribution is 2.37. The van der Waals surface area contributed by atoms with Gasteiger partial charge in [0, 0.05) is 64.6 Å². The standard InChI is InChI=1S/C44H54F2N12O5/c1-26-21-53(15-4-6-28-5-3-7-34-39(28)52(2)44(62)58(34)35-12-13-37(59)50-43(35)61)17-18-54(26)22-27-8-10-29(11-9-27)57-24-33(38(51-57)40(45)46)48-42(60)32-20-47-56-16-14-36(49-41(32)56)55-23-31-19-30(55)25-63-31/h3,5,7,14,16,20,24,26-27,29-31,35,40H,4,6,8-13,15,17-19,21-23,25H2,1-2H3,(H,48,60)(H,50,59,61)/t26-,27?,29?,30+,31+,35?/m0/s1. The van der Waals surface area contributed by atoms with Crippen molar-refractivity contribution < 1.29 is 27.9 Å². The highest BCUT2D eigenvalue weighted by atomic mass is 19.3. The second-order valence-corrected chi connectivity index (χ2v) is 18.2. The van der Waals surface area contributed by atoms with E-state index >= 15 is 0 Å². The Morgan fingerprint density at radius 3 is 2.63 bits per heavy atom. The zero-order valence-corrected chi connectivity index (χ0v) is 35.7. The van der Waals surface area contributed by atoms with Crippen molar-refractivity contribution >= 4 is 45.9 Å². The number of piperidine rings is 1. The average Bonchev–Trinajstić information content (AvgIpc) is 4.12. The van der Waals surface area contributed by atoms with Crippen LogP contribution in [0.3, 0.4) is 0 Å². The van der Waals surface area contributed by atoms with Gasteiger partial charge in [0.15, 0.2) is 11.3 Å². The molecule has 4 aliphatic heterocycles. The first-order valence-corrected chi connectivity index (χ1v) is 22.4. The third kappa shape index (κ3) is 7.92. The van der Waals surface area contributed by atoms with E-state index in [1.807, 2.05) is 18.2 Å². The third-order valence-corrected chi connectivity index (χ3v) is 14.2. The fourth-order valence-corrected chi connectivity index (χ4v) is 10.8. The summed E-state index contributed by atoms with van der Waals surface area (Å²) in [5.74, 6) is -0.0742. The number of aromatic nitrogens is 7. The second kappa shape index (κ2) is 16.9. The van der Waals surface area contributed by atoms with Crippen LogP contribution in [0.15, 0.2) is 47.7 Å². The number of amides is 3. The van der Waals surface area contributed by atoms with Crippen molar-refractivity contribution in [2.45, 2.75) is 101 Å². The van der Waals surface area contributed by atoms with E-state index in [9.17, 15) is 28.0 Å². The number of hydrogen-bond acceptors (Lipinski definition) is 11. The number of benzene rings is 1. The minimum atomic E-state index is -2.86. The molecule has 4 aromatic heterocycles. The minimum absolute atomic E-state index is 0.000125. The number of imidazole rings is 1. The SMILES string of the molecule is C[C@H]1CN(CCCc2cccc3c2n(C)c(=O)n3C2CCC(=O)NC2=O)CCN1CC1CCC(n2cc(NC(=O)c3cnn4ccc(N5C[C@H]6C[C@@H]5CO6)nc34)c(C(F)F)n2)CC1. The summed E-state index contributed by atoms with van der Waals surface area (Å²) in [7, 11) is 1.74. The van der Waals surface area contributed by atoms with Crippen LogP contribution in [-0.2, 0) is 27.8 Å². The van der Waals surface area contributed by atoms with E-state index in [1.165, 1.54) is 10.7 Å². The number of ether oxygens (including phenoxy) is 1. The summed E-state index contributed by atoms with van der Waals surface area (Å²) in [5.41, 5.74) is 2.48. The number of hydrogen-bond donors (Lipinski definition) is 2. The summed E-state index contributed by atoms with van der Waals surface area (Å²) >= 11 is 0. The normalized spacial score (nSPS) is 25.8. The van der Waals surface area contributed by atoms with Crippen LogP contribution in [0.2, 0.25) is 0 Å². The molecule has 5 aliphatic rings. The molecule has 0 radical (unpaired) electrons. The van der Waals surface area contributed by atoms with Crippen molar-refractivity contribution in [3.63, 3.8) is 0 Å². The molecule has 4 saturated heterocycles. The van der Waals surface area contributed by atoms with Crippen molar-refractivity contribution in [1.82, 2.24) is 48.6 Å². The van der Waals surface area contributed by atoms with E-state index in [0.717, 1.165) is 107 Å². The van der Waals surface area contributed by atoms with Crippen LogP contribution in [0.5, 0.6) is 0 Å². The molecule has 3 amide bonds. The number of fused-ring (bicyclic) bond motifs is 4. The second-order valence-electron chi connectivity index (χ2n) is 18.2. The van der Waals surface area contributed by atoms with Crippen LogP contribution < -0.4 is 21.2 Å². The number of para-hydroxylation sites is 1. The number of anilines is 2. The van der Waals surface area contributed by atoms with Crippen molar-refractivity contribution in [2.24, 2.45) is 13.0 Å². The van der Waals surface area contributed by atoms with Gasteiger partial charge in [-0.1, -0.05) is 12.1 Å². The molecule has 0 spiro atoms. The van der Waals surface area contributed by atoms with E-state index in [1.54, 1.807) is 33.3 Å². The predicted octanol–water partition coefficient (Wildman–Crippen LogP) is 4.09. The zero-order chi connectivity index (χ0) is 43.5. The Morgan fingerprint density at radius 1 is 1.05 bits per heavy atom. The summed E-state index contributed by atoms with van der Waals surface area (Å²) < 4.78 is 40.7. The molecule has 2 N–H and O–H groups in total. The Kier molecular flexibility index (Phi) is 11.1. The van der Waals surface area contributed by atoms with Crippen molar-refractivity contribution in [2.75, 3.05) is 56.1 Å². The van der Waals surface area contributed by atoms with Gasteiger partial charge in [-0.3, -0.25) is 38.4 Å². The highest BCUT2D eigenvalue weighted by Gasteiger charge is 2.40. The van der Waals surface area contributed by atoms with Gasteiger partial charge in [0.05, 0.1) is 47.7 Å². The monoisotopic (exact) mass is 868 g/mol. The Bertz CT molecular complexity index is 2610. The lowest BCUT2D eigenvalue weighted by atomic mass is 9.85. The Balaban J connectivity index is 0.711. The Labute approximate surface area is 362 Å². The number of halogens is 2. The molecule has 2 bridgehead atoms. The number of alkyl halides is 2. The molecular weight excluding hydrogens is 815 g/mol. The molecule has 10 rings (SSSR count). The highest BCUT2D eigenvalue weighted by molar-refractivity contribution is 6.08. The van der Waals surface area contributed by atoms with Gasteiger partial charge >= 0.3 is 5.69 Å². The first-order chi connectivity index (χ1) is 30.5. The number of carbonyl (C=O) groups excluding carboxylic acids is 3. The van der Waals surface area contributed by atoms with E-state index in [0.29, 0.717) is 30.6 Å². The van der Waals surface area contributed by atoms with E-state index in [-0.39, 0.29) is 47.5 Å². The van der Waals surface area contributed by atoms with Crippen LogP contribution in [0.1, 0.15) is 98.4 Å². The smallest absolute Gasteiger partial charge is 0.329 e. The number of imide groups is 1. The quantitative estimate of drug-likeness (QED) is 0.173. The minimum Gasteiger partial charge on any atom is -0.374 e. The molecule has 17 nitrogen and oxygen atoms in total. The number of rotatable bonds is 12. The summed E-state index contributed by atoms with van der Waals surface area (Å²) in [4.78, 5) is 63.4.